The van der Waals surface area contributed by atoms with Gasteiger partial charge in [0.05, 0.1) is 28.3 Å². The lowest BCUT2D eigenvalue weighted by Gasteiger charge is -2.24. The Morgan fingerprint density at radius 3 is 1.79 bits per heavy atom. The molecule has 0 fully saturated rings. The van der Waals surface area contributed by atoms with Gasteiger partial charge in [-0.15, -0.1) is 0 Å². The van der Waals surface area contributed by atoms with Crippen molar-refractivity contribution in [2.45, 2.75) is 0 Å². The number of hydrogen-bond donors (Lipinski definition) is 0. The Balaban J connectivity index is 1.12. The van der Waals surface area contributed by atoms with E-state index in [0.717, 1.165) is 73.0 Å². The summed E-state index contributed by atoms with van der Waals surface area (Å²) in [7, 11) is 0. The van der Waals surface area contributed by atoms with Crippen LogP contribution in [0.1, 0.15) is 0 Å². The van der Waals surface area contributed by atoms with Crippen LogP contribution < -0.4 is 18.8 Å². The Kier molecular flexibility index (Phi) is 8.73. The van der Waals surface area contributed by atoms with Gasteiger partial charge in [0.25, 0.3) is 5.69 Å². The average Bonchev–Trinajstić information content (AvgIpc) is 3.68. The first-order valence-corrected chi connectivity index (χ1v) is 19.0. The third kappa shape index (κ3) is 6.44. The van der Waals surface area contributed by atoms with Crippen molar-refractivity contribution in [3.8, 4) is 33.8 Å². The molecule has 5 nitrogen and oxygen atoms in total. The van der Waals surface area contributed by atoms with Gasteiger partial charge in [-0.25, -0.2) is 4.98 Å². The highest BCUT2D eigenvalue weighted by atomic mass is 16.5. The molecule has 1 aliphatic rings. The van der Waals surface area contributed by atoms with E-state index in [1.165, 1.54) is 0 Å². The molecule has 1 aliphatic heterocycles. The highest BCUT2D eigenvalue weighted by Gasteiger charge is 2.41. The Labute approximate surface area is 331 Å². The van der Waals surface area contributed by atoms with Crippen LogP contribution >= 0.6 is 0 Å². The molecule has 268 valence electrons. The summed E-state index contributed by atoms with van der Waals surface area (Å²) in [5.41, 5.74) is 10.6. The SMILES string of the molecule is C1=[N+](c2cccc(Oc3cccc(N(c4ccccc4)c4ccccn4)c3)c2)c2ccc3ccccc3c2[N+]=1c1c(-c2ccccc2)cccc1-c1ccccc1. The van der Waals surface area contributed by atoms with Crippen LogP contribution in [0.4, 0.5) is 39.9 Å². The van der Waals surface area contributed by atoms with E-state index in [1.807, 2.05) is 66.9 Å². The van der Waals surface area contributed by atoms with E-state index in [9.17, 15) is 0 Å². The van der Waals surface area contributed by atoms with E-state index in [4.69, 9.17) is 4.74 Å². The maximum Gasteiger partial charge on any atom is 0.503 e. The molecular formula is C52H36N4O+2. The third-order valence-electron chi connectivity index (χ3n) is 10.3. The highest BCUT2D eigenvalue weighted by molar-refractivity contribution is 6.06. The van der Waals surface area contributed by atoms with Gasteiger partial charge in [-0.1, -0.05) is 121 Å². The molecule has 10 rings (SSSR count). The quantitative estimate of drug-likeness (QED) is 0.139. The number of nitrogens with zero attached hydrogens (tertiary/aromatic N) is 4. The highest BCUT2D eigenvalue weighted by Crippen LogP contribution is 2.47. The van der Waals surface area contributed by atoms with Crippen molar-refractivity contribution >= 4 is 56.7 Å². The second-order valence-corrected chi connectivity index (χ2v) is 13.8. The first-order valence-electron chi connectivity index (χ1n) is 19.0. The summed E-state index contributed by atoms with van der Waals surface area (Å²) in [5, 5.41) is 2.31. The third-order valence-corrected chi connectivity index (χ3v) is 10.3. The summed E-state index contributed by atoms with van der Waals surface area (Å²) in [6, 6.07) is 77.2. The summed E-state index contributed by atoms with van der Waals surface area (Å²) in [6.45, 7) is 0. The number of pyridine rings is 1. The van der Waals surface area contributed by atoms with Crippen molar-refractivity contribution in [2.75, 3.05) is 4.90 Å². The van der Waals surface area contributed by atoms with Crippen LogP contribution in [0.2, 0.25) is 0 Å². The Bertz CT molecular complexity index is 2860. The molecule has 5 heteroatoms. The van der Waals surface area contributed by atoms with Crippen LogP contribution in [0.15, 0.2) is 219 Å². The fourth-order valence-corrected chi connectivity index (χ4v) is 7.69. The molecule has 0 N–H and O–H groups in total. The van der Waals surface area contributed by atoms with Crippen LogP contribution in [-0.2, 0) is 0 Å². The van der Waals surface area contributed by atoms with Gasteiger partial charge in [-0.2, -0.15) is 0 Å². The van der Waals surface area contributed by atoms with Gasteiger partial charge in [0.2, 0.25) is 11.4 Å². The molecule has 0 saturated carbocycles. The van der Waals surface area contributed by atoms with Crippen molar-refractivity contribution in [1.29, 1.82) is 0 Å². The van der Waals surface area contributed by atoms with Gasteiger partial charge in [0.15, 0.2) is 0 Å². The van der Waals surface area contributed by atoms with E-state index in [1.54, 1.807) is 0 Å². The Hall–Kier alpha value is -7.85. The minimum atomic E-state index is 0.714. The standard InChI is InChI=1S/C52H36N4O/c1-4-17-38(18-5-1)46-29-16-30-47(39-19-6-2-7-20-39)51(46)55-37-54(49-33-32-40-21-10-11-28-48(40)52(49)55)42-24-14-26-44(35-42)57-45-27-15-25-43(36-45)56(41-22-8-3-9-23-41)50-31-12-13-34-53-50/h1-36H/q+2. The second kappa shape index (κ2) is 14.8. The summed E-state index contributed by atoms with van der Waals surface area (Å²) in [6.07, 6.45) is 1.81. The lowest BCUT2D eigenvalue weighted by atomic mass is 9.95. The summed E-state index contributed by atoms with van der Waals surface area (Å²) < 4.78 is 11.1. The molecule has 9 aromatic rings. The van der Waals surface area contributed by atoms with E-state index < -0.39 is 0 Å². The molecule has 0 spiro atoms. The first-order chi connectivity index (χ1) is 28.3. The molecule has 2 heterocycles. The lowest BCUT2D eigenvalue weighted by molar-refractivity contribution is 0.483. The maximum atomic E-state index is 6.65. The van der Waals surface area contributed by atoms with E-state index in [2.05, 4.69) is 177 Å². The zero-order valence-electron chi connectivity index (χ0n) is 31.0. The smallest absolute Gasteiger partial charge is 0.457 e. The number of ether oxygens (including phenoxy) is 1. The van der Waals surface area contributed by atoms with Gasteiger partial charge >= 0.3 is 11.7 Å². The van der Waals surface area contributed by atoms with E-state index in [-0.39, 0.29) is 0 Å². The van der Waals surface area contributed by atoms with Gasteiger partial charge < -0.3 is 4.74 Å². The number of anilines is 3. The molecule has 1 aromatic heterocycles. The minimum absolute atomic E-state index is 0.714. The number of fused-ring (bicyclic) bond motifs is 3. The van der Waals surface area contributed by atoms with Gasteiger partial charge in [0, 0.05) is 30.1 Å². The predicted octanol–water partition coefficient (Wildman–Crippen LogP) is 13.7. The molecule has 8 aromatic carbocycles. The number of benzene rings is 8. The van der Waals surface area contributed by atoms with Gasteiger partial charge in [-0.3, -0.25) is 4.90 Å². The van der Waals surface area contributed by atoms with Crippen molar-refractivity contribution in [1.82, 2.24) is 14.1 Å². The molecule has 57 heavy (non-hydrogen) atoms. The van der Waals surface area contributed by atoms with Crippen molar-refractivity contribution in [2.24, 2.45) is 0 Å². The summed E-state index contributed by atoms with van der Waals surface area (Å²) >= 11 is 0. The van der Waals surface area contributed by atoms with Crippen LogP contribution in [0.25, 0.3) is 33.0 Å². The molecule has 0 radical (unpaired) electrons. The molecule has 0 saturated heterocycles. The minimum Gasteiger partial charge on any atom is -0.457 e. The lowest BCUT2D eigenvalue weighted by Crippen LogP contribution is -2.11. The Morgan fingerprint density at radius 1 is 0.456 bits per heavy atom. The zero-order chi connectivity index (χ0) is 38.0. The van der Waals surface area contributed by atoms with Crippen molar-refractivity contribution in [3.05, 3.63) is 219 Å². The van der Waals surface area contributed by atoms with Crippen LogP contribution in [0.3, 0.4) is 0 Å². The van der Waals surface area contributed by atoms with Crippen molar-refractivity contribution < 1.29 is 4.74 Å². The number of rotatable bonds is 9. The van der Waals surface area contributed by atoms with Crippen molar-refractivity contribution in [3.63, 3.8) is 0 Å². The number of aromatic nitrogens is 1. The monoisotopic (exact) mass is 732 g/mol. The number of hydrogen-bond acceptors (Lipinski definition) is 3. The topological polar surface area (TPSA) is 31.4 Å². The summed E-state index contributed by atoms with van der Waals surface area (Å²) in [4.78, 5) is 6.81. The van der Waals surface area contributed by atoms with Gasteiger partial charge in [-0.05, 0) is 92.4 Å². The Morgan fingerprint density at radius 2 is 1.07 bits per heavy atom. The van der Waals surface area contributed by atoms with E-state index >= 15 is 0 Å². The molecule has 0 atom stereocenters. The molecular weight excluding hydrogens is 697 g/mol. The fraction of sp³-hybridized carbons (Fsp3) is 0. The van der Waals surface area contributed by atoms with E-state index in [0.29, 0.717) is 11.5 Å². The fourth-order valence-electron chi connectivity index (χ4n) is 7.69. The predicted molar refractivity (Wildman–Crippen MR) is 235 cm³/mol. The molecule has 0 amide bonds. The van der Waals surface area contributed by atoms with Crippen LogP contribution in [0, 0.1) is 0 Å². The molecule has 0 bridgehead atoms. The molecule has 0 aliphatic carbocycles. The van der Waals surface area contributed by atoms with Crippen LogP contribution in [0.5, 0.6) is 11.5 Å². The average molecular weight is 733 g/mol. The first kappa shape index (κ1) is 33.7. The summed E-state index contributed by atoms with van der Waals surface area (Å²) in [5.74, 6) is 2.25. The molecule has 0 unspecified atom stereocenters. The zero-order valence-corrected chi connectivity index (χ0v) is 31.0. The van der Waals surface area contributed by atoms with Gasteiger partial charge in [0.1, 0.15) is 17.3 Å². The maximum absolute atomic E-state index is 6.65. The normalized spacial score (nSPS) is 11.8. The largest absolute Gasteiger partial charge is 0.503 e. The van der Waals surface area contributed by atoms with Crippen LogP contribution in [-0.4, -0.2) is 11.0 Å². The second-order valence-electron chi connectivity index (χ2n) is 13.8. The number of para-hydroxylation sites is 2.